The van der Waals surface area contributed by atoms with Crippen LogP contribution in [0.4, 0.5) is 0 Å². The summed E-state index contributed by atoms with van der Waals surface area (Å²) < 4.78 is 23.2. The molecule has 1 heterocycles. The highest BCUT2D eigenvalue weighted by atomic mass is 32.2. The number of likely N-dealkylation sites (N-methyl/N-ethyl adjacent to an activating group) is 1. The van der Waals surface area contributed by atoms with Crippen molar-refractivity contribution in [1.82, 2.24) is 10.2 Å². The Hall–Kier alpha value is 0.220. The van der Waals surface area contributed by atoms with E-state index in [0.29, 0.717) is 11.8 Å². The highest BCUT2D eigenvalue weighted by molar-refractivity contribution is 8.00. The molecule has 0 saturated carbocycles. The third kappa shape index (κ3) is 3.94. The van der Waals surface area contributed by atoms with Crippen molar-refractivity contribution in [3.8, 4) is 0 Å². The lowest BCUT2D eigenvalue weighted by Gasteiger charge is -2.35. The zero-order valence-electron chi connectivity index (χ0n) is 9.56. The van der Waals surface area contributed by atoms with E-state index in [1.165, 1.54) is 6.26 Å². The second kappa shape index (κ2) is 5.52. The fourth-order valence-electron chi connectivity index (χ4n) is 1.66. The van der Waals surface area contributed by atoms with E-state index in [1.54, 1.807) is 11.8 Å². The van der Waals surface area contributed by atoms with Gasteiger partial charge in [-0.3, -0.25) is 4.90 Å². The summed E-state index contributed by atoms with van der Waals surface area (Å²) >= 11 is 1.73. The molecule has 1 saturated heterocycles. The summed E-state index contributed by atoms with van der Waals surface area (Å²) in [7, 11) is -1.05. The molecule has 15 heavy (non-hydrogen) atoms. The SMILES string of the molecule is CNC(C)CN1CCSCC1S(C)(=O)=O. The minimum Gasteiger partial charge on any atom is -0.316 e. The fourth-order valence-corrected chi connectivity index (χ4v) is 4.61. The highest BCUT2D eigenvalue weighted by Gasteiger charge is 2.31. The van der Waals surface area contributed by atoms with Crippen LogP contribution in [0.15, 0.2) is 0 Å². The maximum absolute atomic E-state index is 11.6. The van der Waals surface area contributed by atoms with Gasteiger partial charge in [-0.1, -0.05) is 0 Å². The summed E-state index contributed by atoms with van der Waals surface area (Å²) in [6.45, 7) is 3.74. The Balaban J connectivity index is 2.66. The standard InChI is InChI=1S/C9H20N2O2S2/c1-8(10-2)6-11-4-5-14-7-9(11)15(3,12)13/h8-10H,4-7H2,1-3H3. The molecule has 1 N–H and O–H groups in total. The number of rotatable bonds is 4. The lowest BCUT2D eigenvalue weighted by atomic mass is 10.3. The van der Waals surface area contributed by atoms with Crippen LogP contribution in [-0.4, -0.2) is 62.6 Å². The summed E-state index contributed by atoms with van der Waals surface area (Å²) in [4.78, 5) is 2.08. The van der Waals surface area contributed by atoms with E-state index >= 15 is 0 Å². The van der Waals surface area contributed by atoms with Crippen molar-refractivity contribution >= 4 is 21.6 Å². The average molecular weight is 252 g/mol. The third-order valence-corrected chi connectivity index (χ3v) is 5.37. The first-order chi connectivity index (χ1) is 6.95. The number of hydrogen-bond donors (Lipinski definition) is 1. The molecule has 2 atom stereocenters. The van der Waals surface area contributed by atoms with Crippen LogP contribution in [0.5, 0.6) is 0 Å². The maximum atomic E-state index is 11.6. The van der Waals surface area contributed by atoms with E-state index in [4.69, 9.17) is 0 Å². The Kier molecular flexibility index (Phi) is 4.89. The number of hydrogen-bond acceptors (Lipinski definition) is 5. The maximum Gasteiger partial charge on any atom is 0.164 e. The van der Waals surface area contributed by atoms with Crippen molar-refractivity contribution in [2.75, 3.05) is 37.9 Å². The van der Waals surface area contributed by atoms with Gasteiger partial charge in [-0.05, 0) is 14.0 Å². The quantitative estimate of drug-likeness (QED) is 0.764. The van der Waals surface area contributed by atoms with Crippen molar-refractivity contribution in [3.05, 3.63) is 0 Å². The Morgan fingerprint density at radius 3 is 2.80 bits per heavy atom. The minimum atomic E-state index is -2.95. The lowest BCUT2D eigenvalue weighted by molar-refractivity contribution is 0.248. The number of nitrogens with one attached hydrogen (secondary N) is 1. The Bertz CT molecular complexity index is 292. The average Bonchev–Trinajstić information content (AvgIpc) is 2.17. The van der Waals surface area contributed by atoms with Crippen molar-refractivity contribution in [3.63, 3.8) is 0 Å². The molecule has 0 aliphatic carbocycles. The molecule has 0 bridgehead atoms. The van der Waals surface area contributed by atoms with Gasteiger partial charge in [-0.2, -0.15) is 11.8 Å². The fraction of sp³-hybridized carbons (Fsp3) is 1.00. The molecule has 0 radical (unpaired) electrons. The van der Waals surface area contributed by atoms with Gasteiger partial charge < -0.3 is 5.32 Å². The van der Waals surface area contributed by atoms with Gasteiger partial charge in [-0.15, -0.1) is 0 Å². The van der Waals surface area contributed by atoms with Crippen molar-refractivity contribution < 1.29 is 8.42 Å². The van der Waals surface area contributed by atoms with E-state index in [1.807, 2.05) is 7.05 Å². The predicted octanol–water partition coefficient (Wildman–Crippen LogP) is 0.0138. The van der Waals surface area contributed by atoms with Crippen LogP contribution in [0.2, 0.25) is 0 Å². The molecule has 0 spiro atoms. The largest absolute Gasteiger partial charge is 0.316 e. The first-order valence-corrected chi connectivity index (χ1v) is 8.24. The van der Waals surface area contributed by atoms with Gasteiger partial charge in [0, 0.05) is 36.9 Å². The Labute approximate surface area is 96.7 Å². The number of nitrogens with zero attached hydrogens (tertiary/aromatic N) is 1. The smallest absolute Gasteiger partial charge is 0.164 e. The zero-order chi connectivity index (χ0) is 11.5. The van der Waals surface area contributed by atoms with E-state index in [0.717, 1.165) is 18.8 Å². The summed E-state index contributed by atoms with van der Waals surface area (Å²) in [5.41, 5.74) is 0. The molecule has 1 fully saturated rings. The van der Waals surface area contributed by atoms with Gasteiger partial charge in [0.25, 0.3) is 0 Å². The monoisotopic (exact) mass is 252 g/mol. The van der Waals surface area contributed by atoms with E-state index in [2.05, 4.69) is 17.1 Å². The molecule has 1 rings (SSSR count). The van der Waals surface area contributed by atoms with Crippen LogP contribution in [0, 0.1) is 0 Å². The molecule has 0 aromatic heterocycles. The van der Waals surface area contributed by atoms with Crippen LogP contribution >= 0.6 is 11.8 Å². The molecule has 0 aromatic carbocycles. The molecular weight excluding hydrogens is 232 g/mol. The van der Waals surface area contributed by atoms with Crippen LogP contribution in [0.25, 0.3) is 0 Å². The molecular formula is C9H20N2O2S2. The second-order valence-corrected chi connectivity index (χ2v) is 7.40. The number of thioether (sulfide) groups is 1. The van der Waals surface area contributed by atoms with Crippen LogP contribution in [0.1, 0.15) is 6.92 Å². The predicted molar refractivity (Wildman–Crippen MR) is 66.1 cm³/mol. The number of sulfone groups is 1. The summed E-state index contributed by atoms with van der Waals surface area (Å²) in [5, 5.41) is 2.84. The molecule has 0 aromatic rings. The molecule has 1 aliphatic rings. The summed E-state index contributed by atoms with van der Waals surface area (Å²) in [6, 6.07) is 0.331. The van der Waals surface area contributed by atoms with E-state index < -0.39 is 9.84 Å². The van der Waals surface area contributed by atoms with Gasteiger partial charge in [0.05, 0.1) is 0 Å². The van der Waals surface area contributed by atoms with Crippen LogP contribution < -0.4 is 5.32 Å². The summed E-state index contributed by atoms with van der Waals surface area (Å²) in [6.07, 6.45) is 1.33. The minimum absolute atomic E-state index is 0.299. The topological polar surface area (TPSA) is 49.4 Å². The van der Waals surface area contributed by atoms with Gasteiger partial charge in [0.15, 0.2) is 9.84 Å². The van der Waals surface area contributed by atoms with Crippen LogP contribution in [-0.2, 0) is 9.84 Å². The first kappa shape index (κ1) is 13.3. The van der Waals surface area contributed by atoms with Gasteiger partial charge in [0.1, 0.15) is 5.37 Å². The Morgan fingerprint density at radius 1 is 1.60 bits per heavy atom. The van der Waals surface area contributed by atoms with Gasteiger partial charge >= 0.3 is 0 Å². The van der Waals surface area contributed by atoms with Gasteiger partial charge in [-0.25, -0.2) is 8.42 Å². The molecule has 4 nitrogen and oxygen atoms in total. The van der Waals surface area contributed by atoms with Crippen LogP contribution in [0.3, 0.4) is 0 Å². The molecule has 0 amide bonds. The van der Waals surface area contributed by atoms with E-state index in [-0.39, 0.29) is 5.37 Å². The highest BCUT2D eigenvalue weighted by Crippen LogP contribution is 2.20. The van der Waals surface area contributed by atoms with Crippen molar-refractivity contribution in [2.45, 2.75) is 18.3 Å². The molecule has 90 valence electrons. The van der Waals surface area contributed by atoms with Crippen molar-refractivity contribution in [1.29, 1.82) is 0 Å². The molecule has 1 aliphatic heterocycles. The lowest BCUT2D eigenvalue weighted by Crippen LogP contribution is -2.50. The Morgan fingerprint density at radius 2 is 2.27 bits per heavy atom. The van der Waals surface area contributed by atoms with Gasteiger partial charge in [0.2, 0.25) is 0 Å². The second-order valence-electron chi connectivity index (χ2n) is 4.04. The molecule has 6 heteroatoms. The van der Waals surface area contributed by atoms with Crippen molar-refractivity contribution in [2.24, 2.45) is 0 Å². The zero-order valence-corrected chi connectivity index (χ0v) is 11.2. The first-order valence-electron chi connectivity index (χ1n) is 5.13. The molecule has 2 unspecified atom stereocenters. The van der Waals surface area contributed by atoms with E-state index in [9.17, 15) is 8.42 Å². The summed E-state index contributed by atoms with van der Waals surface area (Å²) in [5.74, 6) is 1.73. The third-order valence-electron chi connectivity index (χ3n) is 2.69. The normalized spacial score (nSPS) is 26.5.